The molecular weight excluding hydrogens is 196 g/mol. The van der Waals surface area contributed by atoms with Crippen LogP contribution < -0.4 is 0 Å². The zero-order valence-corrected chi connectivity index (χ0v) is 9.17. The predicted molar refractivity (Wildman–Crippen MR) is 56.6 cm³/mol. The van der Waals surface area contributed by atoms with Crippen LogP contribution in [0.1, 0.15) is 25.1 Å². The molecule has 2 rings (SSSR count). The number of carboxylic acid groups (broad SMARTS) is 1. The Bertz CT molecular complexity index is 342. The fourth-order valence-electron chi connectivity index (χ4n) is 2.32. The summed E-state index contributed by atoms with van der Waals surface area (Å²) in [6.07, 6.45) is 0.806. The third kappa shape index (κ3) is 1.19. The van der Waals surface area contributed by atoms with Crippen LogP contribution in [0.15, 0.2) is 17.5 Å². The lowest BCUT2D eigenvalue weighted by atomic mass is 9.88. The summed E-state index contributed by atoms with van der Waals surface area (Å²) in [6.45, 7) is 4.23. The Balaban J connectivity index is 2.33. The number of thiophene rings is 1. The number of carbonyl (C=O) groups is 1. The molecule has 1 N–H and O–H groups in total. The lowest BCUT2D eigenvalue weighted by molar-refractivity contribution is -0.139. The summed E-state index contributed by atoms with van der Waals surface area (Å²) in [7, 11) is 0. The van der Waals surface area contributed by atoms with Crippen LogP contribution in [0.4, 0.5) is 0 Å². The lowest BCUT2D eigenvalue weighted by Crippen LogP contribution is -2.20. The molecule has 1 aromatic rings. The molecule has 0 spiro atoms. The summed E-state index contributed by atoms with van der Waals surface area (Å²) in [5, 5.41) is 11.1. The number of hydrogen-bond donors (Lipinski definition) is 1. The Labute approximate surface area is 87.6 Å². The molecule has 2 nitrogen and oxygen atoms in total. The Hall–Kier alpha value is -0.830. The van der Waals surface area contributed by atoms with Crippen molar-refractivity contribution in [3.63, 3.8) is 0 Å². The van der Waals surface area contributed by atoms with Gasteiger partial charge in [-0.3, -0.25) is 4.79 Å². The van der Waals surface area contributed by atoms with E-state index in [0.29, 0.717) is 5.92 Å². The SMILES string of the molecule is CC(C)C1(c2cccs2)CC1C(=O)O. The van der Waals surface area contributed by atoms with E-state index in [1.807, 2.05) is 11.4 Å². The summed E-state index contributed by atoms with van der Waals surface area (Å²) in [5.74, 6) is -0.407. The molecular formula is C11H14O2S. The molecule has 1 saturated carbocycles. The molecule has 3 heteroatoms. The molecule has 0 amide bonds. The summed E-state index contributed by atoms with van der Waals surface area (Å²) >= 11 is 1.68. The zero-order chi connectivity index (χ0) is 10.3. The van der Waals surface area contributed by atoms with Gasteiger partial charge in [-0.2, -0.15) is 0 Å². The van der Waals surface area contributed by atoms with Crippen LogP contribution >= 0.6 is 11.3 Å². The van der Waals surface area contributed by atoms with Crippen molar-refractivity contribution in [2.45, 2.75) is 25.7 Å². The minimum Gasteiger partial charge on any atom is -0.481 e. The van der Waals surface area contributed by atoms with E-state index in [0.717, 1.165) is 6.42 Å². The first kappa shape index (κ1) is 9.71. The highest BCUT2D eigenvalue weighted by molar-refractivity contribution is 7.10. The van der Waals surface area contributed by atoms with Gasteiger partial charge in [-0.15, -0.1) is 11.3 Å². The largest absolute Gasteiger partial charge is 0.481 e. The molecule has 14 heavy (non-hydrogen) atoms. The van der Waals surface area contributed by atoms with Gasteiger partial charge >= 0.3 is 5.97 Å². The van der Waals surface area contributed by atoms with Gasteiger partial charge in [0.05, 0.1) is 5.92 Å². The molecule has 1 aromatic heterocycles. The number of rotatable bonds is 3. The van der Waals surface area contributed by atoms with Gasteiger partial charge in [-0.25, -0.2) is 0 Å². The molecule has 2 unspecified atom stereocenters. The smallest absolute Gasteiger partial charge is 0.307 e. The Morgan fingerprint density at radius 2 is 2.43 bits per heavy atom. The second-order valence-electron chi connectivity index (χ2n) is 4.27. The molecule has 1 aliphatic rings. The van der Waals surface area contributed by atoms with Crippen LogP contribution in [0.2, 0.25) is 0 Å². The predicted octanol–water partition coefficient (Wildman–Crippen LogP) is 2.75. The molecule has 0 aromatic carbocycles. The van der Waals surface area contributed by atoms with Gasteiger partial charge in [0.2, 0.25) is 0 Å². The van der Waals surface area contributed by atoms with E-state index in [-0.39, 0.29) is 11.3 Å². The standard InChI is InChI=1S/C11H14O2S/c1-7(2)11(6-8(11)10(12)13)9-4-3-5-14-9/h3-5,7-8H,6H2,1-2H3,(H,12,13). The van der Waals surface area contributed by atoms with Crippen molar-refractivity contribution >= 4 is 17.3 Å². The first-order chi connectivity index (χ1) is 6.59. The van der Waals surface area contributed by atoms with E-state index in [1.54, 1.807) is 11.3 Å². The van der Waals surface area contributed by atoms with Crippen molar-refractivity contribution < 1.29 is 9.90 Å². The van der Waals surface area contributed by atoms with E-state index in [9.17, 15) is 4.79 Å². The Kier molecular flexibility index (Phi) is 2.14. The van der Waals surface area contributed by atoms with Crippen molar-refractivity contribution in [1.82, 2.24) is 0 Å². The monoisotopic (exact) mass is 210 g/mol. The van der Waals surface area contributed by atoms with Crippen LogP contribution in [0.25, 0.3) is 0 Å². The van der Waals surface area contributed by atoms with Crippen molar-refractivity contribution in [1.29, 1.82) is 0 Å². The van der Waals surface area contributed by atoms with Gasteiger partial charge in [0, 0.05) is 10.3 Å². The summed E-state index contributed by atoms with van der Waals surface area (Å²) < 4.78 is 0. The molecule has 2 atom stereocenters. The first-order valence-electron chi connectivity index (χ1n) is 4.86. The van der Waals surface area contributed by atoms with E-state index < -0.39 is 5.97 Å². The number of carboxylic acids is 1. The summed E-state index contributed by atoms with van der Waals surface area (Å²) in [5.41, 5.74) is -0.0694. The maximum absolute atomic E-state index is 11.0. The van der Waals surface area contributed by atoms with Gasteiger partial charge in [0.25, 0.3) is 0 Å². The summed E-state index contributed by atoms with van der Waals surface area (Å²) in [6, 6.07) is 4.06. The van der Waals surface area contributed by atoms with E-state index in [1.165, 1.54) is 4.88 Å². The highest BCUT2D eigenvalue weighted by atomic mass is 32.1. The van der Waals surface area contributed by atoms with Crippen molar-refractivity contribution in [3.05, 3.63) is 22.4 Å². The Morgan fingerprint density at radius 1 is 1.71 bits per heavy atom. The highest BCUT2D eigenvalue weighted by Gasteiger charge is 2.61. The first-order valence-corrected chi connectivity index (χ1v) is 5.74. The molecule has 1 heterocycles. The number of aliphatic carboxylic acids is 1. The van der Waals surface area contributed by atoms with Crippen LogP contribution in [0, 0.1) is 11.8 Å². The van der Waals surface area contributed by atoms with Crippen LogP contribution in [-0.2, 0) is 10.2 Å². The summed E-state index contributed by atoms with van der Waals surface area (Å²) in [4.78, 5) is 12.2. The van der Waals surface area contributed by atoms with Crippen molar-refractivity contribution in [3.8, 4) is 0 Å². The van der Waals surface area contributed by atoms with Crippen LogP contribution in [-0.4, -0.2) is 11.1 Å². The fourth-order valence-corrected chi connectivity index (χ4v) is 3.47. The van der Waals surface area contributed by atoms with Gasteiger partial charge < -0.3 is 5.11 Å². The molecule has 0 radical (unpaired) electrons. The maximum Gasteiger partial charge on any atom is 0.307 e. The minimum absolute atomic E-state index is 0.0694. The second kappa shape index (κ2) is 3.09. The minimum atomic E-state index is -0.646. The molecule has 76 valence electrons. The number of hydrogen-bond acceptors (Lipinski definition) is 2. The molecule has 0 aliphatic heterocycles. The topological polar surface area (TPSA) is 37.3 Å². The lowest BCUT2D eigenvalue weighted by Gasteiger charge is -2.19. The van der Waals surface area contributed by atoms with Crippen molar-refractivity contribution in [2.75, 3.05) is 0 Å². The molecule has 1 aliphatic carbocycles. The van der Waals surface area contributed by atoms with Crippen LogP contribution in [0.3, 0.4) is 0 Å². The maximum atomic E-state index is 11.0. The average Bonchev–Trinajstić information content (AvgIpc) is 2.66. The van der Waals surface area contributed by atoms with E-state index in [2.05, 4.69) is 19.9 Å². The molecule has 0 bridgehead atoms. The second-order valence-corrected chi connectivity index (χ2v) is 5.22. The van der Waals surface area contributed by atoms with Crippen molar-refractivity contribution in [2.24, 2.45) is 11.8 Å². The molecule has 1 fully saturated rings. The third-order valence-corrected chi connectivity index (χ3v) is 4.38. The normalized spacial score (nSPS) is 30.6. The van der Waals surface area contributed by atoms with Gasteiger partial charge in [0.15, 0.2) is 0 Å². The third-order valence-electron chi connectivity index (χ3n) is 3.31. The highest BCUT2D eigenvalue weighted by Crippen LogP contribution is 2.60. The molecule has 0 saturated heterocycles. The van der Waals surface area contributed by atoms with Gasteiger partial charge in [-0.05, 0) is 23.8 Å². The van der Waals surface area contributed by atoms with Gasteiger partial charge in [0.1, 0.15) is 0 Å². The Morgan fingerprint density at radius 3 is 2.79 bits per heavy atom. The zero-order valence-electron chi connectivity index (χ0n) is 8.36. The fraction of sp³-hybridized carbons (Fsp3) is 0.545. The van der Waals surface area contributed by atoms with E-state index >= 15 is 0 Å². The van der Waals surface area contributed by atoms with E-state index in [4.69, 9.17) is 5.11 Å². The van der Waals surface area contributed by atoms with Gasteiger partial charge in [-0.1, -0.05) is 19.9 Å². The average molecular weight is 210 g/mol. The quantitative estimate of drug-likeness (QED) is 0.833. The van der Waals surface area contributed by atoms with Crippen LogP contribution in [0.5, 0.6) is 0 Å².